The van der Waals surface area contributed by atoms with E-state index in [1.165, 1.54) is 13.8 Å². The zero-order valence-electron chi connectivity index (χ0n) is 72.3. The topological polar surface area (TPSA) is 908 Å². The van der Waals surface area contributed by atoms with Crippen molar-refractivity contribution in [3.05, 3.63) is 0 Å². The van der Waals surface area contributed by atoms with Crippen LogP contribution in [0.3, 0.4) is 0 Å². The predicted molar refractivity (Wildman–Crippen MR) is 412 cm³/mol. The Labute approximate surface area is 757 Å². The van der Waals surface area contributed by atoms with E-state index in [0.29, 0.717) is 0 Å². The fraction of sp³-hybridized carbons (Fsp3) is 0.865. The quantitative estimate of drug-likeness (QED) is 0.0220. The summed E-state index contributed by atoms with van der Waals surface area (Å²) in [5.41, 5.74) is 7.59. The van der Waals surface area contributed by atoms with Gasteiger partial charge in [0.1, 0.15) is 195 Å². The molecule has 10 saturated heterocycles. The van der Waals surface area contributed by atoms with Crippen LogP contribution in [0.2, 0.25) is 0 Å². The van der Waals surface area contributed by atoms with E-state index in [-0.39, 0.29) is 6.29 Å². The van der Waals surface area contributed by atoms with Crippen LogP contribution in [0.15, 0.2) is 0 Å². The standard InChI is InChI=1S/C74H118N8O52/c1-16-24(11-83)120-69(47(106)35(16)94)126-56-33(77-20(5)90)67(123-27(14-86)41(56)100)130-58-45(104)51(110)73(127-54-31(75-18(3)88)65(116-7)121-25(12-84)39(54)98)132-60(58)62(112)81-79-29(92)9-22-37(96)43(102)49(108)70(118-22)134-71-50(109)44(103)38(97)23(119-71)10-30(93)80-82-63(113)61-59(46(105)52(111)74(133-61)128-55-32(76-19(4)89)66(117-8)122-26(13-85)40(55)99)131-68-34(78-21(6)91)57(42(101)28(15-87)124-68)129-72-48(107)36(95)17(2)53(125-72)64(114)115/h11,16-17,22-28,31-61,65-74,84-87,94-111H,9-10,12-15H2,1-8H3,(H,75,88)(H,76,89)(H,77,90)(H,78,91)(H,79,92)(H,80,93)(H,81,112)(H,82,113)(H,114,115)/t16-,17+,22?,23?,24?,25?,26?,27?,28?,31?,32?,33?,34?,35+,36+,37-,38-,39-,40-,41-,42-,43+,44+,45-,46-,47?,48?,49?,50?,51+,52?,53?,54-,55-,56-,57-,58+,59+,60?,61?,65-,66-,67+,68+,69+,70-,71-,72+,73?,74-/m1/s1. The van der Waals surface area contributed by atoms with Crippen molar-refractivity contribution in [1.29, 1.82) is 0 Å². The normalized spacial score (nSPS) is 46.0. The summed E-state index contributed by atoms with van der Waals surface area (Å²) < 4.78 is 109. The van der Waals surface area contributed by atoms with Crippen molar-refractivity contribution in [2.75, 3.05) is 40.6 Å². The number of hydrogen-bond donors (Lipinski definition) is 31. The molecule has 8 amide bonds. The molecule has 10 rings (SSSR count). The molecule has 20 unspecified atom stereocenters. The van der Waals surface area contributed by atoms with E-state index in [9.17, 15) is 165 Å². The van der Waals surface area contributed by atoms with Crippen LogP contribution in [0.4, 0.5) is 0 Å². The molecule has 10 aliphatic rings. The van der Waals surface area contributed by atoms with E-state index < -0.39 is 399 Å². The number of aliphatic hydroxyl groups is 22. The minimum atomic E-state index is -2.58. The Bertz CT molecular complexity index is 3900. The molecule has 0 bridgehead atoms. The highest BCUT2D eigenvalue weighted by atomic mass is 16.8. The third kappa shape index (κ3) is 24.4. The number of carbonyl (C=O) groups excluding carboxylic acids is 9. The number of nitrogens with one attached hydrogen (secondary N) is 8. The van der Waals surface area contributed by atoms with Crippen LogP contribution in [0, 0.1) is 11.8 Å². The summed E-state index contributed by atoms with van der Waals surface area (Å²) >= 11 is 0. The highest BCUT2D eigenvalue weighted by Crippen LogP contribution is 2.41. The number of carbonyl (C=O) groups is 10. The second-order valence-corrected chi connectivity index (χ2v) is 33.4. The molecule has 10 heterocycles. The average molecular weight is 1950 g/mol. The molecular weight excluding hydrogens is 1830 g/mol. The van der Waals surface area contributed by atoms with E-state index in [0.717, 1.165) is 41.9 Å². The van der Waals surface area contributed by atoms with Crippen LogP contribution in [0.5, 0.6) is 0 Å². The van der Waals surface area contributed by atoms with Crippen molar-refractivity contribution in [3.63, 3.8) is 0 Å². The summed E-state index contributed by atoms with van der Waals surface area (Å²) in [5.74, 6) is -13.8. The first kappa shape index (κ1) is 109. The van der Waals surface area contributed by atoms with Gasteiger partial charge in [-0.3, -0.25) is 60.1 Å². The lowest BCUT2D eigenvalue weighted by molar-refractivity contribution is -0.373. The Morgan fingerprint density at radius 3 is 0.843 bits per heavy atom. The fourth-order valence-corrected chi connectivity index (χ4v) is 16.8. The van der Waals surface area contributed by atoms with Crippen LogP contribution in [0.1, 0.15) is 54.4 Å². The van der Waals surface area contributed by atoms with Gasteiger partial charge in [-0.15, -0.1) is 0 Å². The smallest absolute Gasteiger partial charge is 0.333 e. The van der Waals surface area contributed by atoms with Gasteiger partial charge >= 0.3 is 5.97 Å². The summed E-state index contributed by atoms with van der Waals surface area (Å²) in [6, 6.07) is -7.11. The van der Waals surface area contributed by atoms with Gasteiger partial charge in [0, 0.05) is 53.8 Å². The molecule has 10 fully saturated rings. The lowest BCUT2D eigenvalue weighted by atomic mass is 9.90. The number of carboxylic acid groups (broad SMARTS) is 1. The van der Waals surface area contributed by atoms with Gasteiger partial charge in [0.15, 0.2) is 81.2 Å². The van der Waals surface area contributed by atoms with Crippen molar-refractivity contribution in [1.82, 2.24) is 43.0 Å². The van der Waals surface area contributed by atoms with E-state index in [1.807, 2.05) is 21.7 Å². The first-order chi connectivity index (χ1) is 63.2. The van der Waals surface area contributed by atoms with E-state index >= 15 is 0 Å². The number of carboxylic acids is 1. The largest absolute Gasteiger partial charge is 0.479 e. The van der Waals surface area contributed by atoms with Crippen LogP contribution >= 0.6 is 0 Å². The number of aliphatic hydroxyl groups excluding tert-OH is 22. The van der Waals surface area contributed by atoms with Crippen molar-refractivity contribution < 1.29 is 255 Å². The number of ether oxygens (including phenoxy) is 19. The van der Waals surface area contributed by atoms with Crippen molar-refractivity contribution in [2.45, 2.75) is 349 Å². The zero-order chi connectivity index (χ0) is 99.1. The van der Waals surface area contributed by atoms with E-state index in [2.05, 4.69) is 21.3 Å². The first-order valence-corrected chi connectivity index (χ1v) is 42.0. The summed E-state index contributed by atoms with van der Waals surface area (Å²) in [6.45, 7) is 2.16. The summed E-state index contributed by atoms with van der Waals surface area (Å²) in [7, 11) is 2.16. The Morgan fingerprint density at radius 1 is 0.284 bits per heavy atom. The number of aldehydes is 1. The maximum Gasteiger partial charge on any atom is 0.333 e. The SMILES string of the molecule is CO[C@@H]1OC(CO)[C@@H](O)[C@H](OC2OC(C(=O)NNC(=O)CC3O[C@H](O[C@H]4OC(CC(=O)NNC(=O)C5O[C@@H](O[C@@H]6C(NC(C)=O)[C@H](OC)OC(CO)[C@H]6O)C(O)[C@@H](O)[C@@H]5O[C@@H]5OC(CO)[C@@H](O)[C@H](O[C@@H]6OC(C(=O)O)[C@@H](C)[C@H](O)C6O)C5NC(C)=O)[C@@H](O)[C@H](O)C4O)C(O)[C@@H](O)[C@@H]3O)[C@@H](O[C@@H]3OC(CO)[C@@H](O)[C@H](O[C@@H]4OC(C=O)[C@@H](C)[C@H](O)C4O)C3NC(C)=O)[C@H](O)[C@@H]2O)C1NC(C)=O. The number of hydrazine groups is 2. The molecule has 766 valence electrons. The fourth-order valence-electron chi connectivity index (χ4n) is 16.8. The zero-order valence-corrected chi connectivity index (χ0v) is 72.3. The number of amides is 8. The second-order valence-electron chi connectivity index (χ2n) is 33.4. The third-order valence-corrected chi connectivity index (χ3v) is 24.0. The number of hydrogen-bond acceptors (Lipinski definition) is 51. The van der Waals surface area contributed by atoms with Gasteiger partial charge in [0.05, 0.1) is 63.7 Å². The summed E-state index contributed by atoms with van der Waals surface area (Å²) in [6.07, 6.45) is -96.4. The molecule has 31 N–H and O–H groups in total. The van der Waals surface area contributed by atoms with Gasteiger partial charge in [0.25, 0.3) is 11.8 Å². The van der Waals surface area contributed by atoms with E-state index in [1.54, 1.807) is 0 Å². The molecular formula is C74H118N8O52. The number of methoxy groups -OCH3 is 2. The van der Waals surface area contributed by atoms with Crippen molar-refractivity contribution in [3.8, 4) is 0 Å². The highest BCUT2D eigenvalue weighted by molar-refractivity contribution is 5.86. The van der Waals surface area contributed by atoms with Crippen LogP contribution < -0.4 is 43.0 Å². The van der Waals surface area contributed by atoms with Gasteiger partial charge < -0.3 is 234 Å². The van der Waals surface area contributed by atoms with Crippen molar-refractivity contribution in [2.24, 2.45) is 11.8 Å². The number of rotatable bonds is 32. The highest BCUT2D eigenvalue weighted by Gasteiger charge is 2.62. The Kier molecular flexibility index (Phi) is 38.7. The summed E-state index contributed by atoms with van der Waals surface area (Å²) in [5, 5.41) is 266. The monoisotopic (exact) mass is 1950 g/mol. The second kappa shape index (κ2) is 47.5. The maximum atomic E-state index is 14.8. The number of aliphatic carboxylic acids is 1. The predicted octanol–water partition coefficient (Wildman–Crippen LogP) is -21.0. The molecule has 60 nitrogen and oxygen atoms in total. The Hall–Kier alpha value is -6.74. The van der Waals surface area contributed by atoms with Crippen LogP contribution in [-0.2, 0) is 138 Å². The van der Waals surface area contributed by atoms with Gasteiger partial charge in [-0.2, -0.15) is 0 Å². The molecule has 0 aromatic rings. The third-order valence-electron chi connectivity index (χ3n) is 24.0. The Balaban J connectivity index is 0.856. The molecule has 0 aromatic heterocycles. The molecule has 134 heavy (non-hydrogen) atoms. The van der Waals surface area contributed by atoms with Gasteiger partial charge in [-0.1, -0.05) is 13.8 Å². The molecule has 0 saturated carbocycles. The average Bonchev–Trinajstić information content (AvgIpc) is 0.762. The van der Waals surface area contributed by atoms with Crippen LogP contribution in [-0.4, -0.2) is 512 Å². The molecule has 0 aliphatic carbocycles. The molecule has 10 aliphatic heterocycles. The molecule has 50 atom stereocenters. The van der Waals surface area contributed by atoms with Crippen molar-refractivity contribution >= 4 is 59.5 Å². The van der Waals surface area contributed by atoms with Gasteiger partial charge in [-0.25, -0.2) is 4.79 Å². The molecule has 60 heteroatoms. The van der Waals surface area contributed by atoms with Gasteiger partial charge in [0.2, 0.25) is 35.4 Å². The lowest BCUT2D eigenvalue weighted by Crippen LogP contribution is -2.71. The Morgan fingerprint density at radius 2 is 0.545 bits per heavy atom. The summed E-state index contributed by atoms with van der Waals surface area (Å²) in [4.78, 5) is 133. The maximum absolute atomic E-state index is 14.8. The van der Waals surface area contributed by atoms with Crippen LogP contribution in [0.25, 0.3) is 0 Å². The van der Waals surface area contributed by atoms with E-state index in [4.69, 9.17) is 90.0 Å². The minimum Gasteiger partial charge on any atom is -0.479 e. The molecule has 0 aromatic carbocycles. The first-order valence-electron chi connectivity index (χ1n) is 42.0. The minimum absolute atomic E-state index is 0.260. The lowest BCUT2D eigenvalue weighted by Gasteiger charge is -2.50. The molecule has 0 spiro atoms. The van der Waals surface area contributed by atoms with Gasteiger partial charge in [-0.05, 0) is 0 Å². The molecule has 0 radical (unpaired) electrons.